The summed E-state index contributed by atoms with van der Waals surface area (Å²) >= 11 is 0. The molecule has 0 saturated carbocycles. The summed E-state index contributed by atoms with van der Waals surface area (Å²) in [6.45, 7) is 0. The molecule has 0 saturated heterocycles. The van der Waals surface area contributed by atoms with E-state index in [0.29, 0.717) is 6.42 Å². The summed E-state index contributed by atoms with van der Waals surface area (Å²) in [7, 11) is 3.88. The standard InChI is InChI=1S/C11H16N2O2.2ClH/c1-13(2)9-5-3-4-8(6-9)7-10(12)11(14)15;;/h3-6,10H,7,12H2,1-2H3,(H,14,15);2*1H. The number of nitrogens with zero attached hydrogens (tertiary/aromatic N) is 1. The lowest BCUT2D eigenvalue weighted by Gasteiger charge is -2.14. The van der Waals surface area contributed by atoms with Gasteiger partial charge in [0.25, 0.3) is 0 Å². The third-order valence-corrected chi connectivity index (χ3v) is 2.20. The summed E-state index contributed by atoms with van der Waals surface area (Å²) in [5, 5.41) is 8.69. The van der Waals surface area contributed by atoms with E-state index in [-0.39, 0.29) is 24.8 Å². The molecule has 0 spiro atoms. The van der Waals surface area contributed by atoms with Gasteiger partial charge in [-0.3, -0.25) is 4.79 Å². The van der Waals surface area contributed by atoms with Crippen LogP contribution in [0.3, 0.4) is 0 Å². The first-order valence-corrected chi connectivity index (χ1v) is 4.75. The molecule has 3 N–H and O–H groups in total. The average Bonchev–Trinajstić information content (AvgIpc) is 2.18. The van der Waals surface area contributed by atoms with E-state index in [9.17, 15) is 4.79 Å². The zero-order valence-electron chi connectivity index (χ0n) is 9.79. The molecule has 1 aromatic rings. The zero-order valence-corrected chi connectivity index (χ0v) is 11.4. The van der Waals surface area contributed by atoms with Crippen molar-refractivity contribution in [1.29, 1.82) is 0 Å². The van der Waals surface area contributed by atoms with Crippen LogP contribution in [0, 0.1) is 0 Å². The minimum Gasteiger partial charge on any atom is -0.480 e. The first-order valence-electron chi connectivity index (χ1n) is 4.75. The Morgan fingerprint density at radius 3 is 2.47 bits per heavy atom. The highest BCUT2D eigenvalue weighted by atomic mass is 35.5. The Balaban J connectivity index is 0. The van der Waals surface area contributed by atoms with Crippen LogP contribution in [0.4, 0.5) is 5.69 Å². The van der Waals surface area contributed by atoms with Crippen LogP contribution < -0.4 is 10.6 Å². The van der Waals surface area contributed by atoms with Gasteiger partial charge in [-0.05, 0) is 24.1 Å². The predicted octanol–water partition coefficient (Wildman–Crippen LogP) is 1.55. The number of aliphatic carboxylic acids is 1. The van der Waals surface area contributed by atoms with Gasteiger partial charge in [0.05, 0.1) is 0 Å². The van der Waals surface area contributed by atoms with Crippen molar-refractivity contribution >= 4 is 36.5 Å². The highest BCUT2D eigenvalue weighted by Gasteiger charge is 2.12. The molecule has 1 unspecified atom stereocenters. The van der Waals surface area contributed by atoms with Gasteiger partial charge in [-0.25, -0.2) is 0 Å². The topological polar surface area (TPSA) is 66.6 Å². The molecule has 0 aliphatic carbocycles. The molecule has 0 bridgehead atoms. The maximum atomic E-state index is 10.6. The molecular weight excluding hydrogens is 263 g/mol. The van der Waals surface area contributed by atoms with Crippen LogP contribution in [0.5, 0.6) is 0 Å². The fourth-order valence-corrected chi connectivity index (χ4v) is 1.30. The van der Waals surface area contributed by atoms with E-state index in [1.165, 1.54) is 0 Å². The third kappa shape index (κ3) is 5.77. The molecular formula is C11H18Cl2N2O2. The molecule has 1 aromatic carbocycles. The minimum atomic E-state index is -0.967. The van der Waals surface area contributed by atoms with Crippen molar-refractivity contribution in [2.75, 3.05) is 19.0 Å². The summed E-state index contributed by atoms with van der Waals surface area (Å²) < 4.78 is 0. The van der Waals surface area contributed by atoms with Crippen molar-refractivity contribution in [3.8, 4) is 0 Å². The van der Waals surface area contributed by atoms with Crippen molar-refractivity contribution in [1.82, 2.24) is 0 Å². The van der Waals surface area contributed by atoms with Gasteiger partial charge >= 0.3 is 5.97 Å². The van der Waals surface area contributed by atoms with Gasteiger partial charge in [0.2, 0.25) is 0 Å². The Hall–Kier alpha value is -0.970. The molecule has 0 radical (unpaired) electrons. The first kappa shape index (κ1) is 18.4. The van der Waals surface area contributed by atoms with Crippen molar-refractivity contribution < 1.29 is 9.90 Å². The second-order valence-corrected chi connectivity index (χ2v) is 3.71. The molecule has 4 nitrogen and oxygen atoms in total. The Kier molecular flexibility index (Phi) is 8.84. The monoisotopic (exact) mass is 280 g/mol. The number of nitrogens with two attached hydrogens (primary N) is 1. The molecule has 0 heterocycles. The second kappa shape index (κ2) is 8.17. The molecule has 1 rings (SSSR count). The molecule has 6 heteroatoms. The van der Waals surface area contributed by atoms with Gasteiger partial charge in [-0.15, -0.1) is 24.8 Å². The zero-order chi connectivity index (χ0) is 11.4. The van der Waals surface area contributed by atoms with E-state index in [0.717, 1.165) is 11.3 Å². The Labute approximate surface area is 114 Å². The van der Waals surface area contributed by atoms with E-state index >= 15 is 0 Å². The molecule has 0 amide bonds. The quantitative estimate of drug-likeness (QED) is 0.878. The summed E-state index contributed by atoms with van der Waals surface area (Å²) in [5.74, 6) is -0.967. The van der Waals surface area contributed by atoms with Gasteiger partial charge in [0, 0.05) is 19.8 Å². The summed E-state index contributed by atoms with van der Waals surface area (Å²) in [5.41, 5.74) is 7.45. The number of carbonyl (C=O) groups is 1. The maximum Gasteiger partial charge on any atom is 0.320 e. The lowest BCUT2D eigenvalue weighted by atomic mass is 10.1. The largest absolute Gasteiger partial charge is 0.480 e. The highest BCUT2D eigenvalue weighted by molar-refractivity contribution is 5.85. The van der Waals surface area contributed by atoms with E-state index < -0.39 is 12.0 Å². The second-order valence-electron chi connectivity index (χ2n) is 3.71. The maximum absolute atomic E-state index is 10.6. The van der Waals surface area contributed by atoms with Gasteiger partial charge < -0.3 is 15.7 Å². The molecule has 0 aliphatic rings. The van der Waals surface area contributed by atoms with Crippen molar-refractivity contribution in [2.24, 2.45) is 5.73 Å². The predicted molar refractivity (Wildman–Crippen MR) is 74.6 cm³/mol. The van der Waals surface area contributed by atoms with Crippen molar-refractivity contribution in [2.45, 2.75) is 12.5 Å². The van der Waals surface area contributed by atoms with Gasteiger partial charge in [-0.2, -0.15) is 0 Å². The highest BCUT2D eigenvalue weighted by Crippen LogP contribution is 2.14. The van der Waals surface area contributed by atoms with E-state index in [2.05, 4.69) is 0 Å². The number of carboxylic acid groups (broad SMARTS) is 1. The Morgan fingerprint density at radius 2 is 2.00 bits per heavy atom. The summed E-state index contributed by atoms with van der Waals surface area (Å²) in [6, 6.07) is 6.87. The summed E-state index contributed by atoms with van der Waals surface area (Å²) in [6.07, 6.45) is 0.358. The first-order chi connectivity index (χ1) is 7.00. The lowest BCUT2D eigenvalue weighted by molar-refractivity contribution is -0.138. The van der Waals surface area contributed by atoms with Crippen LogP contribution in [0.15, 0.2) is 24.3 Å². The smallest absolute Gasteiger partial charge is 0.320 e. The number of benzene rings is 1. The number of hydrogen-bond donors (Lipinski definition) is 2. The molecule has 0 aromatic heterocycles. The Bertz CT molecular complexity index is 359. The van der Waals surface area contributed by atoms with Crippen molar-refractivity contribution in [3.63, 3.8) is 0 Å². The van der Waals surface area contributed by atoms with Crippen LogP contribution in [0.1, 0.15) is 5.56 Å². The van der Waals surface area contributed by atoms with Gasteiger partial charge in [0.15, 0.2) is 0 Å². The SMILES string of the molecule is CN(C)c1cccc(CC(N)C(=O)O)c1.Cl.Cl. The van der Waals surface area contributed by atoms with Crippen LogP contribution in [-0.2, 0) is 11.2 Å². The number of rotatable bonds is 4. The molecule has 17 heavy (non-hydrogen) atoms. The fraction of sp³-hybridized carbons (Fsp3) is 0.364. The van der Waals surface area contributed by atoms with E-state index in [1.807, 2.05) is 43.3 Å². The number of halogens is 2. The van der Waals surface area contributed by atoms with Crippen LogP contribution >= 0.6 is 24.8 Å². The van der Waals surface area contributed by atoms with Gasteiger partial charge in [0.1, 0.15) is 6.04 Å². The normalized spacial score (nSPS) is 10.8. The van der Waals surface area contributed by atoms with Gasteiger partial charge in [-0.1, -0.05) is 12.1 Å². The lowest BCUT2D eigenvalue weighted by Crippen LogP contribution is -2.32. The van der Waals surface area contributed by atoms with E-state index in [4.69, 9.17) is 10.8 Å². The van der Waals surface area contributed by atoms with E-state index in [1.54, 1.807) is 0 Å². The Morgan fingerprint density at radius 1 is 1.41 bits per heavy atom. The van der Waals surface area contributed by atoms with Crippen molar-refractivity contribution in [3.05, 3.63) is 29.8 Å². The summed E-state index contributed by atoms with van der Waals surface area (Å²) in [4.78, 5) is 12.6. The number of hydrogen-bond acceptors (Lipinski definition) is 3. The van der Waals surface area contributed by atoms with Crippen LogP contribution in [0.25, 0.3) is 0 Å². The third-order valence-electron chi connectivity index (χ3n) is 2.20. The molecule has 1 atom stereocenters. The van der Waals surface area contributed by atoms with Crippen LogP contribution in [-0.4, -0.2) is 31.2 Å². The fourth-order valence-electron chi connectivity index (χ4n) is 1.30. The molecule has 98 valence electrons. The minimum absolute atomic E-state index is 0. The molecule has 0 aliphatic heterocycles. The number of carboxylic acids is 1. The number of anilines is 1. The molecule has 0 fully saturated rings. The van der Waals surface area contributed by atoms with Crippen LogP contribution in [0.2, 0.25) is 0 Å². The average molecular weight is 281 g/mol.